The van der Waals surface area contributed by atoms with Crippen molar-refractivity contribution in [3.63, 3.8) is 0 Å². The zero-order chi connectivity index (χ0) is 13.9. The van der Waals surface area contributed by atoms with E-state index in [4.69, 9.17) is 5.26 Å². The second kappa shape index (κ2) is 5.05. The predicted octanol–water partition coefficient (Wildman–Crippen LogP) is 1.47. The summed E-state index contributed by atoms with van der Waals surface area (Å²) >= 11 is 0. The van der Waals surface area contributed by atoms with E-state index in [2.05, 4.69) is 10.4 Å². The molecule has 0 unspecified atom stereocenters. The van der Waals surface area contributed by atoms with Crippen molar-refractivity contribution in [3.8, 4) is 6.07 Å². The summed E-state index contributed by atoms with van der Waals surface area (Å²) in [6.07, 6.45) is 3.15. The molecule has 1 N–H and O–H groups in total. The van der Waals surface area contributed by atoms with Gasteiger partial charge in [0.2, 0.25) is 5.91 Å². The molecule has 0 aliphatic carbocycles. The summed E-state index contributed by atoms with van der Waals surface area (Å²) in [5, 5.41) is 15.7. The molecule has 5 heteroatoms. The van der Waals surface area contributed by atoms with Crippen molar-refractivity contribution in [1.82, 2.24) is 15.1 Å². The highest BCUT2D eigenvalue weighted by Crippen LogP contribution is 2.13. The normalized spacial score (nSPS) is 11.6. The van der Waals surface area contributed by atoms with Crippen LogP contribution in [0.25, 0.3) is 6.08 Å². The van der Waals surface area contributed by atoms with Gasteiger partial charge >= 0.3 is 0 Å². The number of amides is 1. The Labute approximate surface area is 107 Å². The van der Waals surface area contributed by atoms with Gasteiger partial charge < -0.3 is 5.32 Å². The Morgan fingerprint density at radius 3 is 2.56 bits per heavy atom. The maximum Gasteiger partial charge on any atom is 0.245 e. The fraction of sp³-hybridized carbons (Fsp3) is 0.462. The number of nitrogens with one attached hydrogen (secondary N) is 1. The molecule has 1 aromatic heterocycles. The molecule has 0 bridgehead atoms. The third kappa shape index (κ3) is 3.20. The van der Waals surface area contributed by atoms with Crippen LogP contribution in [0.3, 0.4) is 0 Å². The van der Waals surface area contributed by atoms with Crippen molar-refractivity contribution in [1.29, 1.82) is 5.26 Å². The van der Waals surface area contributed by atoms with Gasteiger partial charge in [0.25, 0.3) is 0 Å². The molecule has 1 amide bonds. The summed E-state index contributed by atoms with van der Waals surface area (Å²) in [5.41, 5.74) is 1.94. The number of aryl methyl sites for hydroxylation is 2. The molecule has 96 valence electrons. The Kier molecular flexibility index (Phi) is 3.92. The molecule has 0 spiro atoms. The lowest BCUT2D eigenvalue weighted by Gasteiger charge is -2.15. The highest BCUT2D eigenvalue weighted by molar-refractivity contribution is 5.92. The largest absolute Gasteiger partial charge is 0.335 e. The predicted molar refractivity (Wildman–Crippen MR) is 69.6 cm³/mol. The Morgan fingerprint density at radius 1 is 1.50 bits per heavy atom. The monoisotopic (exact) mass is 246 g/mol. The summed E-state index contributed by atoms with van der Waals surface area (Å²) < 4.78 is 1.77. The molecule has 1 heterocycles. The standard InChI is InChI=1S/C13H18N4O/c1-9-11(10(2)17(5)16-9)6-7-12(18)15-13(3,4)8-14/h6-7H,1-5H3,(H,15,18). The topological polar surface area (TPSA) is 70.7 Å². The number of aromatic nitrogens is 2. The lowest BCUT2D eigenvalue weighted by molar-refractivity contribution is -0.117. The quantitative estimate of drug-likeness (QED) is 0.821. The van der Waals surface area contributed by atoms with Gasteiger partial charge in [0.05, 0.1) is 11.8 Å². The maximum absolute atomic E-state index is 11.6. The van der Waals surface area contributed by atoms with Crippen LogP contribution in [0, 0.1) is 25.2 Å². The van der Waals surface area contributed by atoms with E-state index < -0.39 is 5.54 Å². The van der Waals surface area contributed by atoms with E-state index in [1.54, 1.807) is 24.6 Å². The second-order valence-corrected chi connectivity index (χ2v) is 4.77. The molecule has 1 rings (SSSR count). The molecule has 1 aromatic rings. The van der Waals surface area contributed by atoms with E-state index in [-0.39, 0.29) is 5.91 Å². The van der Waals surface area contributed by atoms with E-state index in [1.807, 2.05) is 27.0 Å². The average Bonchev–Trinajstić information content (AvgIpc) is 2.50. The smallest absolute Gasteiger partial charge is 0.245 e. The summed E-state index contributed by atoms with van der Waals surface area (Å²) in [6, 6.07) is 2.01. The number of nitrogens with zero attached hydrogens (tertiary/aromatic N) is 3. The SMILES string of the molecule is Cc1nn(C)c(C)c1C=CC(=O)NC(C)(C)C#N. The lowest BCUT2D eigenvalue weighted by atomic mass is 10.1. The van der Waals surface area contributed by atoms with E-state index in [0.29, 0.717) is 0 Å². The van der Waals surface area contributed by atoms with Gasteiger partial charge in [-0.25, -0.2) is 0 Å². The first-order chi connectivity index (χ1) is 8.26. The van der Waals surface area contributed by atoms with Crippen molar-refractivity contribution in [3.05, 3.63) is 23.0 Å². The fourth-order valence-corrected chi connectivity index (χ4v) is 1.57. The van der Waals surface area contributed by atoms with Gasteiger partial charge in [-0.3, -0.25) is 9.48 Å². The zero-order valence-electron chi connectivity index (χ0n) is 11.4. The number of nitriles is 1. The molecule has 0 radical (unpaired) electrons. The van der Waals surface area contributed by atoms with Gasteiger partial charge in [0.15, 0.2) is 0 Å². The number of rotatable bonds is 3. The van der Waals surface area contributed by atoms with Crippen molar-refractivity contribution >= 4 is 12.0 Å². The van der Waals surface area contributed by atoms with Crippen LogP contribution in [0.4, 0.5) is 0 Å². The number of carbonyl (C=O) groups is 1. The number of hydrogen-bond donors (Lipinski definition) is 1. The molecule has 0 fully saturated rings. The molecule has 18 heavy (non-hydrogen) atoms. The van der Waals surface area contributed by atoms with Crippen LogP contribution in [0.5, 0.6) is 0 Å². The van der Waals surface area contributed by atoms with E-state index >= 15 is 0 Å². The summed E-state index contributed by atoms with van der Waals surface area (Å²) in [7, 11) is 1.86. The molecule has 0 aromatic carbocycles. The third-order valence-corrected chi connectivity index (χ3v) is 2.68. The van der Waals surface area contributed by atoms with E-state index in [0.717, 1.165) is 17.0 Å². The fourth-order valence-electron chi connectivity index (χ4n) is 1.57. The van der Waals surface area contributed by atoms with Crippen LogP contribution in [0.1, 0.15) is 30.8 Å². The Bertz CT molecular complexity index is 532. The van der Waals surface area contributed by atoms with Crippen LogP contribution >= 0.6 is 0 Å². The molecule has 0 saturated heterocycles. The van der Waals surface area contributed by atoms with Crippen LogP contribution in [0.2, 0.25) is 0 Å². The molecular weight excluding hydrogens is 228 g/mol. The summed E-state index contributed by atoms with van der Waals surface area (Å²) in [5.74, 6) is -0.288. The van der Waals surface area contributed by atoms with Crippen molar-refractivity contribution in [2.75, 3.05) is 0 Å². The van der Waals surface area contributed by atoms with Crippen LogP contribution in [-0.4, -0.2) is 21.2 Å². The van der Waals surface area contributed by atoms with Crippen molar-refractivity contribution in [2.45, 2.75) is 33.2 Å². The first kappa shape index (κ1) is 14.0. The van der Waals surface area contributed by atoms with E-state index in [1.165, 1.54) is 6.08 Å². The van der Waals surface area contributed by atoms with Gasteiger partial charge in [0, 0.05) is 24.4 Å². The zero-order valence-corrected chi connectivity index (χ0v) is 11.4. The highest BCUT2D eigenvalue weighted by Gasteiger charge is 2.17. The summed E-state index contributed by atoms with van der Waals surface area (Å²) in [4.78, 5) is 11.6. The van der Waals surface area contributed by atoms with Gasteiger partial charge in [-0.2, -0.15) is 10.4 Å². The van der Waals surface area contributed by atoms with Crippen molar-refractivity contribution in [2.24, 2.45) is 7.05 Å². The lowest BCUT2D eigenvalue weighted by Crippen LogP contribution is -2.41. The molecule has 5 nitrogen and oxygen atoms in total. The van der Waals surface area contributed by atoms with Crippen LogP contribution in [0.15, 0.2) is 6.08 Å². The second-order valence-electron chi connectivity index (χ2n) is 4.77. The van der Waals surface area contributed by atoms with E-state index in [9.17, 15) is 4.79 Å². The van der Waals surface area contributed by atoms with Crippen LogP contribution < -0.4 is 5.32 Å². The van der Waals surface area contributed by atoms with Gasteiger partial charge in [-0.15, -0.1) is 0 Å². The summed E-state index contributed by atoms with van der Waals surface area (Å²) in [6.45, 7) is 7.14. The van der Waals surface area contributed by atoms with Gasteiger partial charge in [0.1, 0.15) is 5.54 Å². The maximum atomic E-state index is 11.6. The molecular formula is C13H18N4O. The third-order valence-electron chi connectivity index (χ3n) is 2.68. The highest BCUT2D eigenvalue weighted by atomic mass is 16.1. The minimum atomic E-state index is -0.861. The first-order valence-electron chi connectivity index (χ1n) is 5.68. The van der Waals surface area contributed by atoms with Crippen LogP contribution in [-0.2, 0) is 11.8 Å². The molecule has 0 saturated carbocycles. The molecule has 0 aliphatic rings. The first-order valence-corrected chi connectivity index (χ1v) is 5.68. The van der Waals surface area contributed by atoms with Gasteiger partial charge in [-0.05, 0) is 33.8 Å². The Hall–Kier alpha value is -2.09. The number of hydrogen-bond acceptors (Lipinski definition) is 3. The minimum Gasteiger partial charge on any atom is -0.335 e. The minimum absolute atomic E-state index is 0.288. The molecule has 0 atom stereocenters. The van der Waals surface area contributed by atoms with Gasteiger partial charge in [-0.1, -0.05) is 0 Å². The Balaban J connectivity index is 2.82. The molecule has 0 aliphatic heterocycles. The number of carbonyl (C=O) groups excluding carboxylic acids is 1. The Morgan fingerprint density at radius 2 is 2.11 bits per heavy atom. The average molecular weight is 246 g/mol. The van der Waals surface area contributed by atoms with Crippen molar-refractivity contribution < 1.29 is 4.79 Å².